The zero-order valence-electron chi connectivity index (χ0n) is 20.5. The summed E-state index contributed by atoms with van der Waals surface area (Å²) < 4.78 is 0. The number of hydrogen-bond donors (Lipinski definition) is 1. The van der Waals surface area contributed by atoms with Gasteiger partial charge in [0.1, 0.15) is 6.04 Å². The Balaban J connectivity index is 1.90. The highest BCUT2D eigenvalue weighted by molar-refractivity contribution is 7.99. The Bertz CT molecular complexity index is 1200. The van der Waals surface area contributed by atoms with Crippen LogP contribution in [0.2, 0.25) is 20.1 Å². The zero-order valence-corrected chi connectivity index (χ0v) is 24.4. The zero-order chi connectivity index (χ0) is 26.9. The van der Waals surface area contributed by atoms with Crippen molar-refractivity contribution in [3.63, 3.8) is 0 Å². The summed E-state index contributed by atoms with van der Waals surface area (Å²) in [5.41, 5.74) is 2.42. The summed E-state index contributed by atoms with van der Waals surface area (Å²) in [6.45, 7) is 3.94. The Morgan fingerprint density at radius 1 is 0.892 bits per heavy atom. The number of thioether (sulfide) groups is 1. The highest BCUT2D eigenvalue weighted by atomic mass is 35.5. The number of benzene rings is 3. The second-order valence-electron chi connectivity index (χ2n) is 8.82. The monoisotopic (exact) mass is 596 g/mol. The van der Waals surface area contributed by atoms with Gasteiger partial charge in [-0.25, -0.2) is 0 Å². The van der Waals surface area contributed by atoms with E-state index < -0.39 is 6.04 Å². The van der Waals surface area contributed by atoms with Crippen LogP contribution in [0.25, 0.3) is 0 Å². The average molecular weight is 598 g/mol. The topological polar surface area (TPSA) is 49.4 Å². The van der Waals surface area contributed by atoms with Gasteiger partial charge in [-0.15, -0.1) is 11.8 Å². The van der Waals surface area contributed by atoms with Gasteiger partial charge >= 0.3 is 0 Å². The van der Waals surface area contributed by atoms with Crippen LogP contribution < -0.4 is 5.32 Å². The van der Waals surface area contributed by atoms with Gasteiger partial charge in [0.05, 0.1) is 5.75 Å². The van der Waals surface area contributed by atoms with Gasteiger partial charge in [0.15, 0.2) is 0 Å². The van der Waals surface area contributed by atoms with Crippen molar-refractivity contribution >= 4 is 70.0 Å². The smallest absolute Gasteiger partial charge is 0.243 e. The number of nitrogens with zero attached hydrogens (tertiary/aromatic N) is 1. The Kier molecular flexibility index (Phi) is 11.5. The van der Waals surface area contributed by atoms with E-state index in [-0.39, 0.29) is 30.2 Å². The number of nitrogens with one attached hydrogen (secondary N) is 1. The molecule has 3 rings (SSSR count). The van der Waals surface area contributed by atoms with Gasteiger partial charge in [-0.05, 0) is 54.8 Å². The predicted octanol–water partition coefficient (Wildman–Crippen LogP) is 7.70. The standard InChI is InChI=1S/C28H28Cl4N2O2S/c1-18(2)33-28(36)26(13-19-7-4-3-5-8-19)34(15-20-11-12-21(29)14-25(20)32)27(35)17-37-16-22-23(30)9-6-10-24(22)31/h3-12,14,18,26H,13,15-17H2,1-2H3,(H,33,36). The van der Waals surface area contributed by atoms with Crippen molar-refractivity contribution in [2.45, 2.75) is 44.6 Å². The lowest BCUT2D eigenvalue weighted by atomic mass is 10.0. The van der Waals surface area contributed by atoms with Crippen LogP contribution >= 0.6 is 58.2 Å². The summed E-state index contributed by atoms with van der Waals surface area (Å²) in [5.74, 6) is 0.171. The van der Waals surface area contributed by atoms with Crippen molar-refractivity contribution in [2.75, 3.05) is 5.75 Å². The molecule has 37 heavy (non-hydrogen) atoms. The van der Waals surface area contributed by atoms with Crippen LogP contribution in [0.5, 0.6) is 0 Å². The van der Waals surface area contributed by atoms with Crippen molar-refractivity contribution in [1.29, 1.82) is 0 Å². The number of rotatable bonds is 11. The van der Waals surface area contributed by atoms with E-state index in [2.05, 4.69) is 5.32 Å². The number of amides is 2. The molecule has 0 saturated carbocycles. The SMILES string of the molecule is CC(C)NC(=O)C(Cc1ccccc1)N(Cc1ccc(Cl)cc1Cl)C(=O)CSCc1c(Cl)cccc1Cl. The number of carbonyl (C=O) groups is 2. The molecule has 3 aromatic carbocycles. The number of halogens is 4. The number of hydrogen-bond acceptors (Lipinski definition) is 3. The maximum Gasteiger partial charge on any atom is 0.243 e. The van der Waals surface area contributed by atoms with E-state index >= 15 is 0 Å². The summed E-state index contributed by atoms with van der Waals surface area (Å²) in [4.78, 5) is 28.7. The van der Waals surface area contributed by atoms with Crippen LogP contribution in [0.3, 0.4) is 0 Å². The molecule has 0 heterocycles. The lowest BCUT2D eigenvalue weighted by Gasteiger charge is -2.32. The maximum absolute atomic E-state index is 13.7. The Labute approximate surface area is 242 Å². The van der Waals surface area contributed by atoms with Crippen molar-refractivity contribution < 1.29 is 9.59 Å². The molecule has 2 amide bonds. The molecular weight excluding hydrogens is 570 g/mol. The third kappa shape index (κ3) is 8.83. The maximum atomic E-state index is 13.7. The molecule has 4 nitrogen and oxygen atoms in total. The molecule has 0 spiro atoms. The molecule has 0 aliphatic carbocycles. The van der Waals surface area contributed by atoms with Crippen LogP contribution in [0.15, 0.2) is 66.7 Å². The Morgan fingerprint density at radius 3 is 2.19 bits per heavy atom. The molecule has 0 aliphatic heterocycles. The third-order valence-corrected chi connectivity index (χ3v) is 7.83. The quantitative estimate of drug-likeness (QED) is 0.246. The van der Waals surface area contributed by atoms with Gasteiger partial charge in [-0.3, -0.25) is 9.59 Å². The molecule has 0 fully saturated rings. The molecule has 0 aromatic heterocycles. The molecule has 0 saturated heterocycles. The molecule has 3 aromatic rings. The highest BCUT2D eigenvalue weighted by Gasteiger charge is 2.31. The van der Waals surface area contributed by atoms with E-state index in [4.69, 9.17) is 46.4 Å². The first-order valence-electron chi connectivity index (χ1n) is 11.7. The van der Waals surface area contributed by atoms with Crippen molar-refractivity contribution in [3.05, 3.63) is 104 Å². The first-order chi connectivity index (χ1) is 17.7. The Hall–Kier alpha value is -1.89. The fourth-order valence-electron chi connectivity index (χ4n) is 3.76. The minimum atomic E-state index is -0.742. The second-order valence-corrected chi connectivity index (χ2v) is 11.5. The second kappa shape index (κ2) is 14.3. The fraction of sp³-hybridized carbons (Fsp3) is 0.286. The first kappa shape index (κ1) is 29.7. The van der Waals surface area contributed by atoms with Crippen LogP contribution in [0.4, 0.5) is 0 Å². The van der Waals surface area contributed by atoms with Crippen LogP contribution in [-0.4, -0.2) is 34.6 Å². The lowest BCUT2D eigenvalue weighted by Crippen LogP contribution is -2.52. The molecule has 196 valence electrons. The van der Waals surface area contributed by atoms with Gasteiger partial charge in [-0.2, -0.15) is 0 Å². The lowest BCUT2D eigenvalue weighted by molar-refractivity contribution is -0.139. The van der Waals surface area contributed by atoms with Crippen molar-refractivity contribution in [3.8, 4) is 0 Å². The molecule has 9 heteroatoms. The molecule has 0 aliphatic rings. The summed E-state index contributed by atoms with van der Waals surface area (Å²) in [6.07, 6.45) is 0.358. The predicted molar refractivity (Wildman–Crippen MR) is 157 cm³/mol. The van der Waals surface area contributed by atoms with Crippen molar-refractivity contribution in [2.24, 2.45) is 0 Å². The van der Waals surface area contributed by atoms with E-state index in [9.17, 15) is 9.59 Å². The van der Waals surface area contributed by atoms with Gasteiger partial charge < -0.3 is 10.2 Å². The largest absolute Gasteiger partial charge is 0.352 e. The van der Waals surface area contributed by atoms with Gasteiger partial charge in [0.2, 0.25) is 11.8 Å². The van der Waals surface area contributed by atoms with Crippen molar-refractivity contribution in [1.82, 2.24) is 10.2 Å². The van der Waals surface area contributed by atoms with Gasteiger partial charge in [-0.1, -0.05) is 88.9 Å². The first-order valence-corrected chi connectivity index (χ1v) is 14.4. The van der Waals surface area contributed by atoms with E-state index in [0.29, 0.717) is 37.8 Å². The molecule has 1 unspecified atom stereocenters. The van der Waals surface area contributed by atoms with E-state index in [0.717, 1.165) is 11.1 Å². The van der Waals surface area contributed by atoms with E-state index in [1.807, 2.05) is 44.2 Å². The average Bonchev–Trinajstić information content (AvgIpc) is 2.84. The molecule has 0 radical (unpaired) electrons. The summed E-state index contributed by atoms with van der Waals surface area (Å²) in [7, 11) is 0. The summed E-state index contributed by atoms with van der Waals surface area (Å²) >= 11 is 26.6. The minimum Gasteiger partial charge on any atom is -0.352 e. The fourth-order valence-corrected chi connectivity index (χ4v) is 5.88. The molecule has 1 N–H and O–H groups in total. The molecule has 0 bridgehead atoms. The minimum absolute atomic E-state index is 0.0846. The molecule has 1 atom stereocenters. The normalized spacial score (nSPS) is 11.9. The highest BCUT2D eigenvalue weighted by Crippen LogP contribution is 2.29. The number of carbonyl (C=O) groups excluding carboxylic acids is 2. The molecular formula is C28H28Cl4N2O2S. The van der Waals surface area contributed by atoms with E-state index in [1.54, 1.807) is 41.3 Å². The third-order valence-electron chi connectivity index (χ3n) is 5.59. The van der Waals surface area contributed by atoms with E-state index in [1.165, 1.54) is 11.8 Å². The van der Waals surface area contributed by atoms with Crippen LogP contribution in [0.1, 0.15) is 30.5 Å². The Morgan fingerprint density at radius 2 is 1.57 bits per heavy atom. The van der Waals surface area contributed by atoms with Gasteiger partial charge in [0, 0.05) is 44.9 Å². The van der Waals surface area contributed by atoms with Crippen LogP contribution in [-0.2, 0) is 28.3 Å². The summed E-state index contributed by atoms with van der Waals surface area (Å²) in [6, 6.07) is 19.3. The summed E-state index contributed by atoms with van der Waals surface area (Å²) in [5, 5.41) is 5.01. The van der Waals surface area contributed by atoms with Crippen LogP contribution in [0, 0.1) is 0 Å². The van der Waals surface area contributed by atoms with Gasteiger partial charge in [0.25, 0.3) is 0 Å².